The molecule has 0 aliphatic carbocycles. The summed E-state index contributed by atoms with van der Waals surface area (Å²) in [5.74, 6) is -0.0570. The molecule has 2 N–H and O–H groups in total. The summed E-state index contributed by atoms with van der Waals surface area (Å²) in [4.78, 5) is 12.6. The van der Waals surface area contributed by atoms with E-state index >= 15 is 0 Å². The van der Waals surface area contributed by atoms with Crippen LogP contribution < -0.4 is 5.73 Å². The van der Waals surface area contributed by atoms with Crippen LogP contribution in [0.15, 0.2) is 30.3 Å². The van der Waals surface area contributed by atoms with E-state index in [0.717, 1.165) is 16.7 Å². The van der Waals surface area contributed by atoms with Gasteiger partial charge in [0.15, 0.2) is 5.78 Å². The number of nitrogens with two attached hydrogens (primary N) is 1. The van der Waals surface area contributed by atoms with Crippen molar-refractivity contribution in [1.29, 1.82) is 0 Å². The van der Waals surface area contributed by atoms with Crippen LogP contribution >= 0.6 is 11.6 Å². The predicted molar refractivity (Wildman–Crippen MR) is 79.9 cm³/mol. The van der Waals surface area contributed by atoms with E-state index in [1.54, 1.807) is 6.07 Å². The van der Waals surface area contributed by atoms with E-state index in [9.17, 15) is 4.79 Å². The zero-order chi connectivity index (χ0) is 14.2. The largest absolute Gasteiger partial charge is 0.398 e. The Kier molecular flexibility index (Phi) is 3.63. The molecule has 0 saturated heterocycles. The van der Waals surface area contributed by atoms with E-state index in [0.29, 0.717) is 21.8 Å². The minimum atomic E-state index is -0.0570. The number of carbonyl (C=O) groups excluding carboxylic acids is 1. The van der Waals surface area contributed by atoms with Gasteiger partial charge in [0.05, 0.1) is 0 Å². The molecule has 0 atom stereocenters. The van der Waals surface area contributed by atoms with E-state index in [1.807, 2.05) is 45.0 Å². The summed E-state index contributed by atoms with van der Waals surface area (Å²) in [6.45, 7) is 5.66. The summed E-state index contributed by atoms with van der Waals surface area (Å²) in [6.07, 6.45) is 0. The van der Waals surface area contributed by atoms with Crippen molar-refractivity contribution in [2.75, 3.05) is 5.73 Å². The highest BCUT2D eigenvalue weighted by atomic mass is 35.5. The Morgan fingerprint density at radius 3 is 2.37 bits per heavy atom. The minimum absolute atomic E-state index is 0.0570. The van der Waals surface area contributed by atoms with Crippen LogP contribution in [0.1, 0.15) is 32.6 Å². The first-order valence-corrected chi connectivity index (χ1v) is 6.46. The number of anilines is 1. The number of aryl methyl sites for hydroxylation is 3. The van der Waals surface area contributed by atoms with Gasteiger partial charge in [-0.2, -0.15) is 0 Å². The van der Waals surface area contributed by atoms with Crippen molar-refractivity contribution in [1.82, 2.24) is 0 Å². The molecule has 2 rings (SSSR count). The Balaban J connectivity index is 2.56. The van der Waals surface area contributed by atoms with Crippen LogP contribution in [0.5, 0.6) is 0 Å². The number of halogens is 1. The molecule has 2 aromatic carbocycles. The van der Waals surface area contributed by atoms with Gasteiger partial charge in [0.2, 0.25) is 0 Å². The average molecular weight is 274 g/mol. The topological polar surface area (TPSA) is 43.1 Å². The molecule has 0 spiro atoms. The number of para-hydroxylation sites is 1. The molecule has 98 valence electrons. The summed E-state index contributed by atoms with van der Waals surface area (Å²) in [6, 6.07) is 9.13. The van der Waals surface area contributed by atoms with Crippen LogP contribution in [0.3, 0.4) is 0 Å². The van der Waals surface area contributed by atoms with Crippen molar-refractivity contribution in [3.63, 3.8) is 0 Å². The van der Waals surface area contributed by atoms with Crippen molar-refractivity contribution in [2.24, 2.45) is 0 Å². The molecule has 0 amide bonds. The zero-order valence-electron chi connectivity index (χ0n) is 11.3. The maximum atomic E-state index is 12.6. The van der Waals surface area contributed by atoms with Gasteiger partial charge in [-0.1, -0.05) is 23.7 Å². The quantitative estimate of drug-likeness (QED) is 0.662. The maximum absolute atomic E-state index is 12.6. The second-order valence-corrected chi connectivity index (χ2v) is 5.19. The van der Waals surface area contributed by atoms with Crippen LogP contribution in [0.25, 0.3) is 0 Å². The second kappa shape index (κ2) is 5.06. The molecule has 0 aliphatic heterocycles. The summed E-state index contributed by atoms with van der Waals surface area (Å²) < 4.78 is 0. The van der Waals surface area contributed by atoms with Crippen LogP contribution in [-0.2, 0) is 0 Å². The van der Waals surface area contributed by atoms with E-state index in [4.69, 9.17) is 17.3 Å². The number of carbonyl (C=O) groups is 1. The van der Waals surface area contributed by atoms with E-state index in [2.05, 4.69) is 0 Å². The highest BCUT2D eigenvalue weighted by Gasteiger charge is 2.16. The number of ketones is 1. The Bertz CT molecular complexity index is 662. The van der Waals surface area contributed by atoms with Crippen LogP contribution in [0, 0.1) is 20.8 Å². The van der Waals surface area contributed by atoms with E-state index in [-0.39, 0.29) is 5.78 Å². The first-order valence-electron chi connectivity index (χ1n) is 6.08. The lowest BCUT2D eigenvalue weighted by Gasteiger charge is -2.11. The molecule has 0 radical (unpaired) electrons. The highest BCUT2D eigenvalue weighted by molar-refractivity contribution is 6.31. The number of nitrogen functional groups attached to an aromatic ring is 1. The van der Waals surface area contributed by atoms with Crippen molar-refractivity contribution in [3.8, 4) is 0 Å². The Morgan fingerprint density at radius 2 is 1.68 bits per heavy atom. The Morgan fingerprint density at radius 1 is 1.00 bits per heavy atom. The van der Waals surface area contributed by atoms with Gasteiger partial charge in [-0.25, -0.2) is 0 Å². The third-order valence-electron chi connectivity index (χ3n) is 3.32. The normalized spacial score (nSPS) is 10.5. The number of hydrogen-bond acceptors (Lipinski definition) is 2. The summed E-state index contributed by atoms with van der Waals surface area (Å²) in [7, 11) is 0. The van der Waals surface area contributed by atoms with Gasteiger partial charge in [-0.3, -0.25) is 4.79 Å². The molecule has 2 aromatic rings. The van der Waals surface area contributed by atoms with Crippen molar-refractivity contribution >= 4 is 23.1 Å². The van der Waals surface area contributed by atoms with Crippen LogP contribution in [-0.4, -0.2) is 5.78 Å². The molecule has 0 saturated carbocycles. The summed E-state index contributed by atoms with van der Waals surface area (Å²) >= 11 is 6.06. The number of hydrogen-bond donors (Lipinski definition) is 1. The molecular weight excluding hydrogens is 258 g/mol. The number of rotatable bonds is 2. The van der Waals surface area contributed by atoms with E-state index in [1.165, 1.54) is 0 Å². The predicted octanol–water partition coefficient (Wildman–Crippen LogP) is 4.08. The molecule has 0 aliphatic rings. The summed E-state index contributed by atoms with van der Waals surface area (Å²) in [5.41, 5.74) is 10.4. The standard InChI is InChI=1S/C16H16ClNO/c1-9-5-4-6-12(15(9)18)16(19)13-7-11(3)14(17)8-10(13)2/h4-8H,18H2,1-3H3. The van der Waals surface area contributed by atoms with Gasteiger partial charge < -0.3 is 5.73 Å². The molecule has 0 bridgehead atoms. The molecular formula is C16H16ClNO. The Hall–Kier alpha value is -1.80. The molecule has 0 heterocycles. The molecule has 0 unspecified atom stereocenters. The molecule has 0 aromatic heterocycles. The molecule has 0 fully saturated rings. The van der Waals surface area contributed by atoms with Gasteiger partial charge >= 0.3 is 0 Å². The van der Waals surface area contributed by atoms with Crippen molar-refractivity contribution in [3.05, 3.63) is 63.2 Å². The fourth-order valence-corrected chi connectivity index (χ4v) is 2.27. The van der Waals surface area contributed by atoms with Gasteiger partial charge in [0.1, 0.15) is 0 Å². The smallest absolute Gasteiger partial charge is 0.195 e. The lowest BCUT2D eigenvalue weighted by Crippen LogP contribution is -2.08. The first kappa shape index (κ1) is 13.6. The fourth-order valence-electron chi connectivity index (χ4n) is 2.05. The lowest BCUT2D eigenvalue weighted by atomic mass is 9.95. The lowest BCUT2D eigenvalue weighted by molar-refractivity contribution is 0.103. The summed E-state index contributed by atoms with van der Waals surface area (Å²) in [5, 5.41) is 0.672. The average Bonchev–Trinajstić information content (AvgIpc) is 2.36. The van der Waals surface area contributed by atoms with Gasteiger partial charge in [0.25, 0.3) is 0 Å². The molecule has 3 heteroatoms. The SMILES string of the molecule is Cc1cc(C(=O)c2cccc(C)c2N)c(C)cc1Cl. The van der Waals surface area contributed by atoms with Crippen molar-refractivity contribution < 1.29 is 4.79 Å². The monoisotopic (exact) mass is 273 g/mol. The van der Waals surface area contributed by atoms with Crippen LogP contribution in [0.2, 0.25) is 5.02 Å². The first-order chi connectivity index (χ1) is 8.91. The Labute approximate surface area is 118 Å². The van der Waals surface area contributed by atoms with Gasteiger partial charge in [0, 0.05) is 21.8 Å². The van der Waals surface area contributed by atoms with Gasteiger partial charge in [-0.05, 0) is 55.7 Å². The minimum Gasteiger partial charge on any atom is -0.398 e. The zero-order valence-corrected chi connectivity index (χ0v) is 12.0. The van der Waals surface area contributed by atoms with Gasteiger partial charge in [-0.15, -0.1) is 0 Å². The molecule has 2 nitrogen and oxygen atoms in total. The third-order valence-corrected chi connectivity index (χ3v) is 3.73. The van der Waals surface area contributed by atoms with Crippen molar-refractivity contribution in [2.45, 2.75) is 20.8 Å². The third kappa shape index (κ3) is 2.49. The maximum Gasteiger partial charge on any atom is 0.195 e. The van der Waals surface area contributed by atoms with E-state index < -0.39 is 0 Å². The fraction of sp³-hybridized carbons (Fsp3) is 0.188. The molecule has 19 heavy (non-hydrogen) atoms. The second-order valence-electron chi connectivity index (χ2n) is 4.78. The number of benzene rings is 2. The van der Waals surface area contributed by atoms with Crippen LogP contribution in [0.4, 0.5) is 5.69 Å². The highest BCUT2D eigenvalue weighted by Crippen LogP contribution is 2.25.